The van der Waals surface area contributed by atoms with Gasteiger partial charge in [0, 0.05) is 6.54 Å². The van der Waals surface area contributed by atoms with Crippen LogP contribution < -0.4 is 10.6 Å². The van der Waals surface area contributed by atoms with E-state index in [1.54, 1.807) is 18.2 Å². The van der Waals surface area contributed by atoms with Crippen molar-refractivity contribution in [3.05, 3.63) is 59.2 Å². The first-order valence-electron chi connectivity index (χ1n) is 8.37. The first-order chi connectivity index (χ1) is 13.1. The van der Waals surface area contributed by atoms with Gasteiger partial charge in [-0.2, -0.15) is 5.26 Å². The predicted octanol–water partition coefficient (Wildman–Crippen LogP) is 2.28. The molecule has 0 radical (unpaired) electrons. The molecule has 1 aliphatic heterocycles. The smallest absolute Gasteiger partial charge is 0.319 e. The van der Waals surface area contributed by atoms with Crippen LogP contribution in [0.1, 0.15) is 23.1 Å². The molecule has 0 atom stereocenters. The average Bonchev–Trinajstić information content (AvgIpc) is 2.85. The SMILES string of the molecule is COC(=O)CNCc1ccc2c(c1)NC(=O)CC(c1cccc(C#N)c1)=N2. The third-order valence-corrected chi connectivity index (χ3v) is 4.07. The van der Waals surface area contributed by atoms with Crippen LogP contribution in [0, 0.1) is 11.3 Å². The van der Waals surface area contributed by atoms with Crippen molar-refractivity contribution >= 4 is 29.0 Å². The normalized spacial score (nSPS) is 12.9. The first kappa shape index (κ1) is 18.3. The number of ether oxygens (including phenoxy) is 1. The molecule has 2 N–H and O–H groups in total. The minimum absolute atomic E-state index is 0.109. The number of carbonyl (C=O) groups is 2. The summed E-state index contributed by atoms with van der Waals surface area (Å²) in [4.78, 5) is 28.1. The van der Waals surface area contributed by atoms with Crippen LogP contribution in [-0.2, 0) is 20.9 Å². The Morgan fingerprint density at radius 1 is 1.33 bits per heavy atom. The molecular weight excluding hydrogens is 344 g/mol. The van der Waals surface area contributed by atoms with E-state index in [0.29, 0.717) is 29.2 Å². The quantitative estimate of drug-likeness (QED) is 0.794. The van der Waals surface area contributed by atoms with Gasteiger partial charge in [-0.25, -0.2) is 0 Å². The molecule has 1 amide bonds. The summed E-state index contributed by atoms with van der Waals surface area (Å²) in [5.74, 6) is -0.513. The molecule has 0 spiro atoms. The Labute approximate surface area is 156 Å². The van der Waals surface area contributed by atoms with Crippen molar-refractivity contribution in [1.29, 1.82) is 5.26 Å². The summed E-state index contributed by atoms with van der Waals surface area (Å²) in [6.07, 6.45) is 0.124. The number of hydrogen-bond acceptors (Lipinski definition) is 6. The lowest BCUT2D eigenvalue weighted by Gasteiger charge is -2.08. The van der Waals surface area contributed by atoms with Crippen LogP contribution in [-0.4, -0.2) is 31.2 Å². The molecule has 7 heteroatoms. The summed E-state index contributed by atoms with van der Waals surface area (Å²) in [7, 11) is 1.34. The average molecular weight is 362 g/mol. The Morgan fingerprint density at radius 2 is 2.19 bits per heavy atom. The van der Waals surface area contributed by atoms with Crippen LogP contribution >= 0.6 is 0 Å². The number of hydrogen-bond donors (Lipinski definition) is 2. The van der Waals surface area contributed by atoms with Crippen molar-refractivity contribution < 1.29 is 14.3 Å². The lowest BCUT2D eigenvalue weighted by molar-refractivity contribution is -0.139. The number of anilines is 1. The van der Waals surface area contributed by atoms with Gasteiger partial charge in [0.15, 0.2) is 0 Å². The van der Waals surface area contributed by atoms with Gasteiger partial charge in [0.25, 0.3) is 0 Å². The largest absolute Gasteiger partial charge is 0.468 e. The molecule has 0 saturated carbocycles. The van der Waals surface area contributed by atoms with E-state index in [0.717, 1.165) is 11.1 Å². The van der Waals surface area contributed by atoms with Gasteiger partial charge in [-0.15, -0.1) is 0 Å². The zero-order valence-electron chi connectivity index (χ0n) is 14.8. The molecule has 0 unspecified atom stereocenters. The Kier molecular flexibility index (Phi) is 5.59. The molecule has 0 aliphatic carbocycles. The van der Waals surface area contributed by atoms with E-state index in [4.69, 9.17) is 5.26 Å². The molecule has 0 bridgehead atoms. The number of fused-ring (bicyclic) bond motifs is 1. The van der Waals surface area contributed by atoms with Crippen LogP contribution in [0.5, 0.6) is 0 Å². The van der Waals surface area contributed by atoms with E-state index >= 15 is 0 Å². The predicted molar refractivity (Wildman–Crippen MR) is 101 cm³/mol. The maximum atomic E-state index is 12.3. The van der Waals surface area contributed by atoms with Gasteiger partial charge in [0.05, 0.1) is 48.8 Å². The second-order valence-electron chi connectivity index (χ2n) is 6.01. The van der Waals surface area contributed by atoms with E-state index in [9.17, 15) is 9.59 Å². The maximum Gasteiger partial charge on any atom is 0.319 e. The number of benzene rings is 2. The first-order valence-corrected chi connectivity index (χ1v) is 8.37. The standard InChI is InChI=1S/C20H18N4O3/c1-27-20(26)12-22-11-14-5-6-16-18(8-14)24-19(25)9-17(23-16)15-4-2-3-13(7-15)10-21/h2-8,22H,9,11-12H2,1H3,(H,24,25). The number of rotatable bonds is 5. The van der Waals surface area contributed by atoms with Crippen molar-refractivity contribution in [1.82, 2.24) is 5.32 Å². The minimum Gasteiger partial charge on any atom is -0.468 e. The molecule has 2 aromatic rings. The van der Waals surface area contributed by atoms with Crippen molar-refractivity contribution in [3.63, 3.8) is 0 Å². The zero-order valence-corrected chi connectivity index (χ0v) is 14.8. The Hall–Kier alpha value is -3.50. The summed E-state index contributed by atoms with van der Waals surface area (Å²) in [6, 6.07) is 14.7. The number of nitrogens with zero attached hydrogens (tertiary/aromatic N) is 2. The fraction of sp³-hybridized carbons (Fsp3) is 0.200. The number of esters is 1. The van der Waals surface area contributed by atoms with Crippen LogP contribution in [0.2, 0.25) is 0 Å². The molecule has 1 heterocycles. The molecular formula is C20H18N4O3. The van der Waals surface area contributed by atoms with Crippen molar-refractivity contribution in [2.24, 2.45) is 4.99 Å². The third kappa shape index (κ3) is 4.57. The van der Waals surface area contributed by atoms with Gasteiger partial charge in [0.1, 0.15) is 0 Å². The minimum atomic E-state index is -0.341. The van der Waals surface area contributed by atoms with Crippen LogP contribution in [0.3, 0.4) is 0 Å². The highest BCUT2D eigenvalue weighted by molar-refractivity contribution is 6.17. The van der Waals surface area contributed by atoms with E-state index in [2.05, 4.69) is 26.4 Å². The molecule has 0 fully saturated rings. The topological polar surface area (TPSA) is 104 Å². The van der Waals surface area contributed by atoms with E-state index in [-0.39, 0.29) is 24.8 Å². The molecule has 3 rings (SSSR count). The lowest BCUT2D eigenvalue weighted by Crippen LogP contribution is -2.23. The summed E-state index contributed by atoms with van der Waals surface area (Å²) in [5, 5.41) is 14.9. The van der Waals surface area contributed by atoms with Gasteiger partial charge in [-0.05, 0) is 35.4 Å². The monoisotopic (exact) mass is 362 g/mol. The number of amides is 1. The molecule has 136 valence electrons. The van der Waals surface area contributed by atoms with Crippen molar-refractivity contribution in [2.45, 2.75) is 13.0 Å². The fourth-order valence-electron chi connectivity index (χ4n) is 2.74. The van der Waals surface area contributed by atoms with Gasteiger partial charge >= 0.3 is 5.97 Å². The molecule has 27 heavy (non-hydrogen) atoms. The summed E-state index contributed by atoms with van der Waals surface area (Å²) < 4.78 is 4.58. The van der Waals surface area contributed by atoms with Crippen LogP contribution in [0.15, 0.2) is 47.5 Å². The van der Waals surface area contributed by atoms with Crippen molar-refractivity contribution in [2.75, 3.05) is 19.0 Å². The Balaban J connectivity index is 1.85. The maximum absolute atomic E-state index is 12.3. The number of nitriles is 1. The highest BCUT2D eigenvalue weighted by Gasteiger charge is 2.18. The van der Waals surface area contributed by atoms with Gasteiger partial charge < -0.3 is 15.4 Å². The molecule has 7 nitrogen and oxygen atoms in total. The highest BCUT2D eigenvalue weighted by Crippen LogP contribution is 2.30. The van der Waals surface area contributed by atoms with Crippen molar-refractivity contribution in [3.8, 4) is 6.07 Å². The molecule has 0 saturated heterocycles. The number of aliphatic imine (C=N–C) groups is 1. The fourth-order valence-corrected chi connectivity index (χ4v) is 2.74. The second kappa shape index (κ2) is 8.25. The van der Waals surface area contributed by atoms with E-state index in [1.807, 2.05) is 24.3 Å². The van der Waals surface area contributed by atoms with Crippen LogP contribution in [0.25, 0.3) is 0 Å². The van der Waals surface area contributed by atoms with Gasteiger partial charge in [-0.3, -0.25) is 14.6 Å². The Morgan fingerprint density at radius 3 is 2.96 bits per heavy atom. The van der Waals surface area contributed by atoms with Crippen LogP contribution in [0.4, 0.5) is 11.4 Å². The Bertz CT molecular complexity index is 960. The number of nitrogens with one attached hydrogen (secondary N) is 2. The summed E-state index contributed by atoms with van der Waals surface area (Å²) in [6.45, 7) is 0.566. The molecule has 0 aromatic heterocycles. The second-order valence-corrected chi connectivity index (χ2v) is 6.01. The lowest BCUT2D eigenvalue weighted by atomic mass is 10.0. The summed E-state index contributed by atoms with van der Waals surface area (Å²) >= 11 is 0. The molecule has 2 aromatic carbocycles. The number of methoxy groups -OCH3 is 1. The zero-order chi connectivity index (χ0) is 19.2. The highest BCUT2D eigenvalue weighted by atomic mass is 16.5. The summed E-state index contributed by atoms with van der Waals surface area (Å²) in [5.41, 5.74) is 4.05. The van der Waals surface area contributed by atoms with Gasteiger partial charge in [-0.1, -0.05) is 18.2 Å². The van der Waals surface area contributed by atoms with E-state index < -0.39 is 0 Å². The number of carbonyl (C=O) groups excluding carboxylic acids is 2. The third-order valence-electron chi connectivity index (χ3n) is 4.07. The molecule has 1 aliphatic rings. The van der Waals surface area contributed by atoms with E-state index in [1.165, 1.54) is 7.11 Å². The van der Waals surface area contributed by atoms with Gasteiger partial charge in [0.2, 0.25) is 5.91 Å².